The van der Waals surface area contributed by atoms with Gasteiger partial charge in [0, 0.05) is 24.8 Å². The number of carbonyl (C=O) groups excluding carboxylic acids is 1. The first-order chi connectivity index (χ1) is 15.4. The first-order valence-corrected chi connectivity index (χ1v) is 11.8. The average molecular weight is 451 g/mol. The number of carbonyl (C=O) groups is 1. The zero-order chi connectivity index (χ0) is 22.0. The fourth-order valence-corrected chi connectivity index (χ4v) is 5.53. The number of nitrogens with one attached hydrogen (secondary N) is 2. The fourth-order valence-electron chi connectivity index (χ4n) is 4.50. The van der Waals surface area contributed by atoms with Gasteiger partial charge < -0.3 is 20.3 Å². The number of rotatable bonds is 4. The third-order valence-corrected chi connectivity index (χ3v) is 7.44. The van der Waals surface area contributed by atoms with Gasteiger partial charge in [-0.05, 0) is 44.4 Å². The molecule has 4 heterocycles. The van der Waals surface area contributed by atoms with Crippen molar-refractivity contribution in [2.75, 3.05) is 18.1 Å². The third-order valence-electron chi connectivity index (χ3n) is 6.35. The fraction of sp³-hybridized carbons (Fsp3) is 0.435. The molecule has 0 spiro atoms. The van der Waals surface area contributed by atoms with E-state index in [1.165, 1.54) is 24.2 Å². The highest BCUT2D eigenvalue weighted by Crippen LogP contribution is 2.44. The summed E-state index contributed by atoms with van der Waals surface area (Å²) in [6.07, 6.45) is 6.22. The maximum Gasteiger partial charge on any atom is 0.263 e. The summed E-state index contributed by atoms with van der Waals surface area (Å²) < 4.78 is 7.73. The number of aryl methyl sites for hydroxylation is 1. The minimum absolute atomic E-state index is 0.00469. The summed E-state index contributed by atoms with van der Waals surface area (Å²) in [6.45, 7) is 5.39. The standard InChI is InChI=1S/C23H26N6O2S/c1-23(2)20(25-15-5-6-15)18-19(21(30)27-23)32-22(26-18)29-8-9-31-17-7-4-13(10-16(17)29)14-11-24-28(3)12-14/h4,7,10-12,15,20,25H,5-6,8-9H2,1-3H3,(H,27,30). The highest BCUT2D eigenvalue weighted by Gasteiger charge is 2.45. The molecule has 3 aromatic rings. The molecule has 2 aliphatic heterocycles. The monoisotopic (exact) mass is 450 g/mol. The normalized spacial score (nSPS) is 21.5. The topological polar surface area (TPSA) is 84.3 Å². The van der Waals surface area contributed by atoms with E-state index in [0.717, 1.165) is 33.4 Å². The van der Waals surface area contributed by atoms with Crippen LogP contribution in [0.5, 0.6) is 5.75 Å². The van der Waals surface area contributed by atoms with Crippen molar-refractivity contribution in [3.63, 3.8) is 0 Å². The number of aromatic nitrogens is 3. The summed E-state index contributed by atoms with van der Waals surface area (Å²) in [5.74, 6) is 0.787. The molecule has 9 heteroatoms. The molecule has 2 N–H and O–H groups in total. The van der Waals surface area contributed by atoms with Crippen LogP contribution in [0.25, 0.3) is 11.1 Å². The first kappa shape index (κ1) is 19.8. The van der Waals surface area contributed by atoms with E-state index in [1.807, 2.05) is 25.5 Å². The second-order valence-electron chi connectivity index (χ2n) is 9.35. The van der Waals surface area contributed by atoms with Crippen molar-refractivity contribution in [2.45, 2.75) is 44.3 Å². The molecule has 0 bridgehead atoms. The quantitative estimate of drug-likeness (QED) is 0.634. The van der Waals surface area contributed by atoms with Gasteiger partial charge in [0.2, 0.25) is 0 Å². The van der Waals surface area contributed by atoms with E-state index in [2.05, 4.69) is 46.6 Å². The number of hydrogen-bond donors (Lipinski definition) is 2. The zero-order valence-electron chi connectivity index (χ0n) is 18.4. The van der Waals surface area contributed by atoms with E-state index in [-0.39, 0.29) is 11.9 Å². The summed E-state index contributed by atoms with van der Waals surface area (Å²) in [6, 6.07) is 6.69. The largest absolute Gasteiger partial charge is 0.490 e. The van der Waals surface area contributed by atoms with Gasteiger partial charge in [-0.25, -0.2) is 4.98 Å². The minimum atomic E-state index is -0.394. The molecule has 3 aliphatic rings. The molecule has 1 amide bonds. The molecular weight excluding hydrogens is 424 g/mol. The Labute approximate surface area is 190 Å². The molecule has 8 nitrogen and oxygen atoms in total. The Balaban J connectivity index is 1.41. The van der Waals surface area contributed by atoms with Crippen LogP contribution in [0.2, 0.25) is 0 Å². The van der Waals surface area contributed by atoms with E-state index < -0.39 is 5.54 Å². The van der Waals surface area contributed by atoms with Crippen molar-refractivity contribution < 1.29 is 9.53 Å². The van der Waals surface area contributed by atoms with Gasteiger partial charge in [-0.1, -0.05) is 17.4 Å². The molecule has 0 saturated heterocycles. The molecule has 1 aliphatic carbocycles. The molecule has 1 aromatic carbocycles. The van der Waals surface area contributed by atoms with Gasteiger partial charge in [-0.15, -0.1) is 0 Å². The predicted octanol–water partition coefficient (Wildman–Crippen LogP) is 3.39. The van der Waals surface area contributed by atoms with Gasteiger partial charge in [0.05, 0.1) is 35.7 Å². The average Bonchev–Trinajstić information content (AvgIpc) is 3.30. The Morgan fingerprint density at radius 1 is 1.28 bits per heavy atom. The second kappa shape index (κ2) is 7.05. The first-order valence-electron chi connectivity index (χ1n) is 11.0. The van der Waals surface area contributed by atoms with Crippen LogP contribution in [-0.4, -0.2) is 45.4 Å². The summed E-state index contributed by atoms with van der Waals surface area (Å²) in [4.78, 5) is 20.8. The SMILES string of the molecule is Cn1cc(-c2ccc3c(c2)N(c2nc4c(s2)C(=O)NC(C)(C)C4NC2CC2)CCO3)cn1. The molecule has 1 fully saturated rings. The van der Waals surface area contributed by atoms with Crippen LogP contribution in [0.1, 0.15) is 48.1 Å². The minimum Gasteiger partial charge on any atom is -0.490 e. The van der Waals surface area contributed by atoms with Gasteiger partial charge >= 0.3 is 0 Å². The Morgan fingerprint density at radius 3 is 2.88 bits per heavy atom. The van der Waals surface area contributed by atoms with Crippen LogP contribution in [-0.2, 0) is 7.05 Å². The number of thiazole rings is 1. The van der Waals surface area contributed by atoms with Gasteiger partial charge in [-0.2, -0.15) is 5.10 Å². The second-order valence-corrected chi connectivity index (χ2v) is 10.3. The zero-order valence-corrected chi connectivity index (χ0v) is 19.2. The van der Waals surface area contributed by atoms with Crippen LogP contribution >= 0.6 is 11.3 Å². The molecule has 166 valence electrons. The Bertz CT molecular complexity index is 1210. The van der Waals surface area contributed by atoms with Crippen LogP contribution in [0.4, 0.5) is 10.8 Å². The highest BCUT2D eigenvalue weighted by atomic mass is 32.1. The number of benzene rings is 1. The molecule has 1 saturated carbocycles. The Hall–Kier alpha value is -2.91. The van der Waals surface area contributed by atoms with Crippen molar-refractivity contribution in [1.29, 1.82) is 0 Å². The van der Waals surface area contributed by atoms with E-state index in [4.69, 9.17) is 9.72 Å². The maximum atomic E-state index is 12.9. The summed E-state index contributed by atoms with van der Waals surface area (Å²) in [7, 11) is 1.91. The van der Waals surface area contributed by atoms with E-state index in [9.17, 15) is 4.79 Å². The molecule has 2 aromatic heterocycles. The van der Waals surface area contributed by atoms with Gasteiger partial charge in [0.1, 0.15) is 17.2 Å². The Kier molecular flexibility index (Phi) is 4.35. The summed E-state index contributed by atoms with van der Waals surface area (Å²) in [5.41, 5.74) is 3.56. The van der Waals surface area contributed by atoms with E-state index >= 15 is 0 Å². The number of nitrogens with zero attached hydrogens (tertiary/aromatic N) is 4. The van der Waals surface area contributed by atoms with Crippen molar-refractivity contribution in [3.8, 4) is 16.9 Å². The molecule has 32 heavy (non-hydrogen) atoms. The highest BCUT2D eigenvalue weighted by molar-refractivity contribution is 7.17. The lowest BCUT2D eigenvalue weighted by Crippen LogP contribution is -2.56. The van der Waals surface area contributed by atoms with E-state index in [0.29, 0.717) is 24.1 Å². The lowest BCUT2D eigenvalue weighted by Gasteiger charge is -2.38. The van der Waals surface area contributed by atoms with Crippen molar-refractivity contribution in [2.24, 2.45) is 7.05 Å². The Morgan fingerprint density at radius 2 is 2.12 bits per heavy atom. The van der Waals surface area contributed by atoms with E-state index in [1.54, 1.807) is 4.68 Å². The third kappa shape index (κ3) is 3.27. The maximum absolute atomic E-state index is 12.9. The van der Waals surface area contributed by atoms with Crippen LogP contribution < -0.4 is 20.3 Å². The summed E-state index contributed by atoms with van der Waals surface area (Å²) in [5, 5.41) is 12.0. The lowest BCUT2D eigenvalue weighted by atomic mass is 9.87. The smallest absolute Gasteiger partial charge is 0.263 e. The van der Waals surface area contributed by atoms with Gasteiger partial charge in [-0.3, -0.25) is 9.48 Å². The van der Waals surface area contributed by atoms with Crippen molar-refractivity contribution in [1.82, 2.24) is 25.4 Å². The number of ether oxygens (including phenoxy) is 1. The van der Waals surface area contributed by atoms with Crippen LogP contribution in [0.15, 0.2) is 30.6 Å². The molecule has 6 rings (SSSR count). The van der Waals surface area contributed by atoms with Crippen molar-refractivity contribution in [3.05, 3.63) is 41.2 Å². The van der Waals surface area contributed by atoms with Crippen LogP contribution in [0.3, 0.4) is 0 Å². The molecule has 1 unspecified atom stereocenters. The number of fused-ring (bicyclic) bond motifs is 2. The number of amides is 1. The van der Waals surface area contributed by atoms with Crippen molar-refractivity contribution >= 4 is 28.1 Å². The number of anilines is 2. The lowest BCUT2D eigenvalue weighted by molar-refractivity contribution is 0.0867. The predicted molar refractivity (Wildman–Crippen MR) is 124 cm³/mol. The molecule has 0 radical (unpaired) electrons. The summed E-state index contributed by atoms with van der Waals surface area (Å²) >= 11 is 1.46. The molecular formula is C23H26N6O2S. The molecule has 1 atom stereocenters. The van der Waals surface area contributed by atoms with Gasteiger partial charge in [0.15, 0.2) is 5.13 Å². The number of hydrogen-bond acceptors (Lipinski definition) is 7. The van der Waals surface area contributed by atoms with Crippen LogP contribution in [0, 0.1) is 0 Å². The van der Waals surface area contributed by atoms with Gasteiger partial charge in [0.25, 0.3) is 5.91 Å².